The van der Waals surface area contributed by atoms with Gasteiger partial charge in [-0.05, 0) is 24.3 Å². The first kappa shape index (κ1) is 18.1. The minimum absolute atomic E-state index is 0.0619. The number of pyridine rings is 1. The third kappa shape index (κ3) is 3.22. The average molecular weight is 380 g/mol. The number of ether oxygens (including phenoxy) is 2. The minimum Gasteiger partial charge on any atom is -0.491 e. The molecule has 2 aliphatic heterocycles. The first-order valence-electron chi connectivity index (χ1n) is 9.00. The number of nitrogens with zero attached hydrogens (tertiary/aromatic N) is 4. The zero-order chi connectivity index (χ0) is 19.5. The van der Waals surface area contributed by atoms with E-state index in [1.165, 1.54) is 0 Å². The van der Waals surface area contributed by atoms with Crippen LogP contribution in [0.3, 0.4) is 0 Å². The molecule has 0 bridgehead atoms. The molecule has 0 amide bonds. The molecule has 1 aromatic heterocycles. The van der Waals surface area contributed by atoms with E-state index in [1.54, 1.807) is 37.7 Å². The summed E-state index contributed by atoms with van der Waals surface area (Å²) in [6.07, 6.45) is 3.32. The second-order valence-corrected chi connectivity index (χ2v) is 6.29. The van der Waals surface area contributed by atoms with Crippen molar-refractivity contribution in [2.75, 3.05) is 33.4 Å². The molecule has 3 heterocycles. The van der Waals surface area contributed by atoms with Gasteiger partial charge in [-0.2, -0.15) is 0 Å². The second kappa shape index (κ2) is 7.77. The van der Waals surface area contributed by atoms with E-state index in [0.29, 0.717) is 41.7 Å². The Hall–Kier alpha value is -3.26. The fraction of sp³-hybridized carbons (Fsp3) is 0.300. The Morgan fingerprint density at radius 2 is 2.21 bits per heavy atom. The number of methoxy groups -OCH3 is 1. The van der Waals surface area contributed by atoms with E-state index in [1.807, 2.05) is 11.0 Å². The van der Waals surface area contributed by atoms with Crippen molar-refractivity contribution in [1.29, 1.82) is 0 Å². The van der Waals surface area contributed by atoms with Crippen molar-refractivity contribution in [2.24, 2.45) is 9.98 Å². The van der Waals surface area contributed by atoms with Gasteiger partial charge in [-0.15, -0.1) is 0 Å². The highest BCUT2D eigenvalue weighted by atomic mass is 16.5. The van der Waals surface area contributed by atoms with Gasteiger partial charge in [0.2, 0.25) is 0 Å². The summed E-state index contributed by atoms with van der Waals surface area (Å²) in [6.45, 7) is 1.37. The summed E-state index contributed by atoms with van der Waals surface area (Å²) in [7, 11) is 1.54. The molecule has 1 aromatic carbocycles. The third-order valence-corrected chi connectivity index (χ3v) is 4.58. The molecule has 0 saturated heterocycles. The molecule has 4 rings (SSSR count). The van der Waals surface area contributed by atoms with Gasteiger partial charge in [0.25, 0.3) is 0 Å². The fourth-order valence-electron chi connectivity index (χ4n) is 3.34. The normalized spacial score (nSPS) is 14.7. The Bertz CT molecular complexity index is 956. The molecule has 8 nitrogen and oxygen atoms in total. The van der Waals surface area contributed by atoms with E-state index in [9.17, 15) is 4.79 Å². The van der Waals surface area contributed by atoms with Crippen LogP contribution in [-0.2, 0) is 0 Å². The van der Waals surface area contributed by atoms with E-state index in [-0.39, 0.29) is 25.4 Å². The zero-order valence-corrected chi connectivity index (χ0v) is 15.5. The van der Waals surface area contributed by atoms with Crippen LogP contribution >= 0.6 is 0 Å². The lowest BCUT2D eigenvalue weighted by atomic mass is 10.0. The summed E-state index contributed by atoms with van der Waals surface area (Å²) >= 11 is 0. The largest absolute Gasteiger partial charge is 0.491 e. The Morgan fingerprint density at radius 1 is 1.32 bits per heavy atom. The second-order valence-electron chi connectivity index (χ2n) is 6.29. The van der Waals surface area contributed by atoms with E-state index < -0.39 is 0 Å². The standard InChI is InChI=1S/C20H20N4O4/c1-27-19-16(28-10-9-25)5-4-14-18(19)23-17(24-8-7-22-20(14)24)11-15(26)13-3-2-6-21-12-13/h2-6,12,25H,7-11H2,1H3. The maximum Gasteiger partial charge on any atom is 0.187 e. The Balaban J connectivity index is 1.74. The number of hydrogen-bond acceptors (Lipinski definition) is 8. The van der Waals surface area contributed by atoms with Gasteiger partial charge in [0.1, 0.15) is 24.0 Å². The number of aliphatic hydroxyl groups is 1. The van der Waals surface area contributed by atoms with Gasteiger partial charge in [0.05, 0.1) is 26.7 Å². The Labute approximate surface area is 162 Å². The topological polar surface area (TPSA) is 96.6 Å². The number of aromatic nitrogens is 1. The van der Waals surface area contributed by atoms with Crippen molar-refractivity contribution >= 4 is 23.1 Å². The summed E-state index contributed by atoms with van der Waals surface area (Å²) in [5, 5.41) is 9.04. The minimum atomic E-state index is -0.102. The molecule has 0 unspecified atom stereocenters. The molecule has 144 valence electrons. The number of aliphatic hydroxyl groups excluding tert-OH is 1. The van der Waals surface area contributed by atoms with E-state index in [0.717, 1.165) is 11.4 Å². The van der Waals surface area contributed by atoms with Crippen molar-refractivity contribution in [2.45, 2.75) is 6.42 Å². The van der Waals surface area contributed by atoms with Gasteiger partial charge >= 0.3 is 0 Å². The van der Waals surface area contributed by atoms with E-state index in [2.05, 4.69) is 9.98 Å². The molecule has 2 aliphatic rings. The predicted molar refractivity (Wildman–Crippen MR) is 104 cm³/mol. The maximum atomic E-state index is 12.7. The van der Waals surface area contributed by atoms with Crippen LogP contribution in [0.15, 0.2) is 46.6 Å². The zero-order valence-electron chi connectivity index (χ0n) is 15.5. The monoisotopic (exact) mass is 380 g/mol. The number of aliphatic imine (C=N–C) groups is 2. The Kier molecular flexibility index (Phi) is 5.03. The van der Waals surface area contributed by atoms with Crippen LogP contribution in [-0.4, -0.2) is 65.9 Å². The number of benzene rings is 1. The smallest absolute Gasteiger partial charge is 0.187 e. The number of fused-ring (bicyclic) bond motifs is 3. The molecule has 0 fully saturated rings. The van der Waals surface area contributed by atoms with Gasteiger partial charge in [0.15, 0.2) is 17.3 Å². The number of rotatable bonds is 7. The highest BCUT2D eigenvalue weighted by molar-refractivity contribution is 6.21. The molecular weight excluding hydrogens is 360 g/mol. The number of hydrogen-bond donors (Lipinski definition) is 1. The first-order chi connectivity index (χ1) is 13.7. The van der Waals surface area contributed by atoms with Crippen molar-refractivity contribution in [1.82, 2.24) is 9.88 Å². The summed E-state index contributed by atoms with van der Waals surface area (Å²) in [6, 6.07) is 7.15. The molecular formula is C20H20N4O4. The van der Waals surface area contributed by atoms with E-state index in [4.69, 9.17) is 19.6 Å². The fourth-order valence-corrected chi connectivity index (χ4v) is 3.34. The SMILES string of the molecule is COc1c(OCCO)ccc2c1N=C(CC(=O)c1cccnc1)N1CCN=C21. The van der Waals surface area contributed by atoms with Crippen LogP contribution in [0.5, 0.6) is 11.5 Å². The van der Waals surface area contributed by atoms with Gasteiger partial charge < -0.3 is 19.5 Å². The number of Topliss-reactive ketones (excluding diaryl/α,β-unsaturated/α-hetero) is 1. The van der Waals surface area contributed by atoms with Crippen LogP contribution in [0.1, 0.15) is 22.3 Å². The maximum absolute atomic E-state index is 12.7. The van der Waals surface area contributed by atoms with Gasteiger partial charge in [-0.1, -0.05) is 0 Å². The average Bonchev–Trinajstić information content (AvgIpc) is 3.23. The summed E-state index contributed by atoms with van der Waals surface area (Å²) in [5.74, 6) is 2.30. The molecule has 0 spiro atoms. The molecule has 8 heteroatoms. The predicted octanol–water partition coefficient (Wildman–Crippen LogP) is 1.84. The third-order valence-electron chi connectivity index (χ3n) is 4.58. The molecule has 1 N–H and O–H groups in total. The first-order valence-corrected chi connectivity index (χ1v) is 9.00. The Morgan fingerprint density at radius 3 is 2.96 bits per heavy atom. The van der Waals surface area contributed by atoms with Crippen LogP contribution in [0.2, 0.25) is 0 Å². The number of carbonyl (C=O) groups is 1. The molecule has 28 heavy (non-hydrogen) atoms. The van der Waals surface area contributed by atoms with Crippen molar-refractivity contribution in [3.8, 4) is 11.5 Å². The molecule has 2 aromatic rings. The molecule has 0 saturated carbocycles. The van der Waals surface area contributed by atoms with E-state index >= 15 is 0 Å². The van der Waals surface area contributed by atoms with Crippen LogP contribution in [0, 0.1) is 0 Å². The number of carbonyl (C=O) groups excluding carboxylic acids is 1. The van der Waals surface area contributed by atoms with Crippen LogP contribution < -0.4 is 9.47 Å². The quantitative estimate of drug-likeness (QED) is 0.737. The molecule has 0 aliphatic carbocycles. The highest BCUT2D eigenvalue weighted by Crippen LogP contribution is 2.43. The lowest BCUT2D eigenvalue weighted by Gasteiger charge is -2.28. The lowest BCUT2D eigenvalue weighted by molar-refractivity contribution is 0.0998. The summed E-state index contributed by atoms with van der Waals surface area (Å²) < 4.78 is 11.1. The van der Waals surface area contributed by atoms with Gasteiger partial charge in [-0.25, -0.2) is 4.99 Å². The summed E-state index contributed by atoms with van der Waals surface area (Å²) in [5.41, 5.74) is 1.97. The molecule has 0 radical (unpaired) electrons. The highest BCUT2D eigenvalue weighted by Gasteiger charge is 2.33. The van der Waals surface area contributed by atoms with Crippen molar-refractivity contribution in [3.63, 3.8) is 0 Å². The van der Waals surface area contributed by atoms with Crippen LogP contribution in [0.4, 0.5) is 5.69 Å². The van der Waals surface area contributed by atoms with Gasteiger partial charge in [0, 0.05) is 30.1 Å². The summed E-state index contributed by atoms with van der Waals surface area (Å²) in [4.78, 5) is 28.0. The van der Waals surface area contributed by atoms with Crippen molar-refractivity contribution in [3.05, 3.63) is 47.8 Å². The molecule has 0 atom stereocenters. The van der Waals surface area contributed by atoms with Crippen LogP contribution in [0.25, 0.3) is 0 Å². The number of amidine groups is 2. The van der Waals surface area contributed by atoms with Gasteiger partial charge in [-0.3, -0.25) is 14.8 Å². The lowest BCUT2D eigenvalue weighted by Crippen LogP contribution is -2.38. The number of ketones is 1. The van der Waals surface area contributed by atoms with Crippen molar-refractivity contribution < 1.29 is 19.4 Å².